The molecule has 0 atom stereocenters. The molecule has 0 amide bonds. The van der Waals surface area contributed by atoms with E-state index in [1.54, 1.807) is 10.6 Å². The Labute approximate surface area is 182 Å². The average Bonchev–Trinajstić information content (AvgIpc) is 3.09. The number of allylic oxidation sites excluding steroid dienone is 4. The number of aromatic nitrogens is 3. The van der Waals surface area contributed by atoms with Crippen molar-refractivity contribution in [2.75, 3.05) is 20.5 Å². The molecule has 4 rings (SSSR count). The van der Waals surface area contributed by atoms with E-state index in [4.69, 9.17) is 4.74 Å². The van der Waals surface area contributed by atoms with Crippen LogP contribution in [0, 0.1) is 11.3 Å². The summed E-state index contributed by atoms with van der Waals surface area (Å²) in [6.07, 6.45) is 8.13. The van der Waals surface area contributed by atoms with E-state index in [-0.39, 0.29) is 4.90 Å². The monoisotopic (exact) mass is 457 g/mol. The second-order valence-electron chi connectivity index (χ2n) is 6.87. The molecule has 0 unspecified atom stereocenters. The van der Waals surface area contributed by atoms with Gasteiger partial charge in [-0.15, -0.1) is 0 Å². The minimum atomic E-state index is -4.17. The molecule has 164 valence electrons. The van der Waals surface area contributed by atoms with Crippen LogP contribution in [0.4, 0.5) is 8.78 Å². The van der Waals surface area contributed by atoms with Gasteiger partial charge in [0.1, 0.15) is 35.7 Å². The molecular weight excluding hydrogens is 440 g/mol. The van der Waals surface area contributed by atoms with E-state index in [0.717, 1.165) is 11.9 Å². The molecular formula is C21H17F2N5O3S. The third-order valence-corrected chi connectivity index (χ3v) is 6.41. The molecule has 1 N–H and O–H groups in total. The molecule has 0 aromatic carbocycles. The summed E-state index contributed by atoms with van der Waals surface area (Å²) in [6.45, 7) is -2.35. The van der Waals surface area contributed by atoms with E-state index in [0.29, 0.717) is 33.7 Å². The summed E-state index contributed by atoms with van der Waals surface area (Å²) in [5.74, 6) is 0.478. The van der Waals surface area contributed by atoms with E-state index >= 15 is 0 Å². The van der Waals surface area contributed by atoms with E-state index in [1.807, 2.05) is 23.0 Å². The first-order valence-corrected chi connectivity index (χ1v) is 10.9. The lowest BCUT2D eigenvalue weighted by Gasteiger charge is -2.15. The van der Waals surface area contributed by atoms with Crippen molar-refractivity contribution in [1.29, 1.82) is 5.26 Å². The van der Waals surface area contributed by atoms with Crippen LogP contribution in [0.15, 0.2) is 53.7 Å². The first-order chi connectivity index (χ1) is 15.4. The van der Waals surface area contributed by atoms with Crippen molar-refractivity contribution in [3.8, 4) is 23.2 Å². The number of fused-ring (bicyclic) bond motifs is 1. The third kappa shape index (κ3) is 3.63. The minimum Gasteiger partial charge on any atom is -0.495 e. The van der Waals surface area contributed by atoms with Crippen molar-refractivity contribution in [2.24, 2.45) is 0 Å². The van der Waals surface area contributed by atoms with Crippen molar-refractivity contribution < 1.29 is 21.9 Å². The molecule has 0 radical (unpaired) electrons. The molecule has 0 spiro atoms. The molecule has 11 heteroatoms. The van der Waals surface area contributed by atoms with Gasteiger partial charge >= 0.3 is 0 Å². The Hall–Kier alpha value is -3.62. The maximum Gasteiger partial charge on any atom is 0.242 e. The van der Waals surface area contributed by atoms with Crippen molar-refractivity contribution in [3.05, 3.63) is 54.4 Å². The molecule has 1 aliphatic carbocycles. The molecule has 1 aliphatic rings. The molecule has 3 aromatic heterocycles. The summed E-state index contributed by atoms with van der Waals surface area (Å²) < 4.78 is 59.2. The largest absolute Gasteiger partial charge is 0.495 e. The van der Waals surface area contributed by atoms with Crippen LogP contribution in [0.2, 0.25) is 0 Å². The van der Waals surface area contributed by atoms with Crippen LogP contribution in [0.3, 0.4) is 0 Å². The Morgan fingerprint density at radius 3 is 2.53 bits per heavy atom. The van der Waals surface area contributed by atoms with Gasteiger partial charge in [-0.05, 0) is 30.4 Å². The van der Waals surface area contributed by atoms with Crippen LogP contribution in [0.5, 0.6) is 5.75 Å². The SMILES string of the molecule is COc1cnc2c(c1)c(C#N)c(-c1ccc(S(=O)(=O)NC(CF)CF)cn1)n2C1=CC=C1. The van der Waals surface area contributed by atoms with Gasteiger partial charge in [0.15, 0.2) is 0 Å². The summed E-state index contributed by atoms with van der Waals surface area (Å²) >= 11 is 0. The first-order valence-electron chi connectivity index (χ1n) is 9.41. The zero-order chi connectivity index (χ0) is 22.9. The number of methoxy groups -OCH3 is 1. The molecule has 0 saturated carbocycles. The average molecular weight is 457 g/mol. The number of hydrogen-bond acceptors (Lipinski definition) is 6. The zero-order valence-corrected chi connectivity index (χ0v) is 17.6. The lowest BCUT2D eigenvalue weighted by Crippen LogP contribution is -2.37. The second kappa shape index (κ2) is 8.49. The Balaban J connectivity index is 1.84. The first kappa shape index (κ1) is 21.6. The predicted molar refractivity (Wildman–Crippen MR) is 114 cm³/mol. The quantitative estimate of drug-likeness (QED) is 0.557. The van der Waals surface area contributed by atoms with Gasteiger partial charge in [-0.3, -0.25) is 9.55 Å². The summed E-state index contributed by atoms with van der Waals surface area (Å²) in [5, 5.41) is 10.4. The number of hydrogen-bond donors (Lipinski definition) is 1. The molecule has 0 fully saturated rings. The van der Waals surface area contributed by atoms with Crippen LogP contribution in [-0.4, -0.2) is 49.5 Å². The van der Waals surface area contributed by atoms with Gasteiger partial charge in [-0.25, -0.2) is 26.9 Å². The lowest BCUT2D eigenvalue weighted by atomic mass is 10.1. The van der Waals surface area contributed by atoms with Gasteiger partial charge in [0.2, 0.25) is 10.0 Å². The molecule has 0 saturated heterocycles. The Bertz CT molecular complexity index is 1390. The number of nitrogens with zero attached hydrogens (tertiary/aromatic N) is 4. The number of alkyl halides is 2. The Kier molecular flexibility index (Phi) is 5.73. The highest BCUT2D eigenvalue weighted by atomic mass is 32.2. The summed E-state index contributed by atoms with van der Waals surface area (Å²) in [4.78, 5) is 8.41. The van der Waals surface area contributed by atoms with E-state index in [9.17, 15) is 22.5 Å². The van der Waals surface area contributed by atoms with Crippen molar-refractivity contribution >= 4 is 26.8 Å². The van der Waals surface area contributed by atoms with E-state index < -0.39 is 29.4 Å². The summed E-state index contributed by atoms with van der Waals surface area (Å²) in [7, 11) is -2.67. The Morgan fingerprint density at radius 1 is 1.25 bits per heavy atom. The molecule has 0 bridgehead atoms. The maximum atomic E-state index is 12.7. The van der Waals surface area contributed by atoms with Crippen LogP contribution in [0.25, 0.3) is 28.1 Å². The fourth-order valence-corrected chi connectivity index (χ4v) is 4.41. The summed E-state index contributed by atoms with van der Waals surface area (Å²) in [6, 6.07) is 5.10. The molecule has 3 heterocycles. The number of ether oxygens (including phenoxy) is 1. The molecule has 0 aliphatic heterocycles. The van der Waals surface area contributed by atoms with Crippen LogP contribution >= 0.6 is 0 Å². The zero-order valence-electron chi connectivity index (χ0n) is 16.8. The van der Waals surface area contributed by atoms with E-state index in [1.165, 1.54) is 25.4 Å². The second-order valence-corrected chi connectivity index (χ2v) is 8.59. The molecule has 32 heavy (non-hydrogen) atoms. The summed E-state index contributed by atoms with van der Waals surface area (Å²) in [5.41, 5.74) is 2.34. The number of nitrogens with one attached hydrogen (secondary N) is 1. The van der Waals surface area contributed by atoms with Crippen molar-refractivity contribution in [3.63, 3.8) is 0 Å². The lowest BCUT2D eigenvalue weighted by molar-refractivity contribution is 0.334. The highest BCUT2D eigenvalue weighted by Gasteiger charge is 2.25. The Morgan fingerprint density at radius 2 is 2.00 bits per heavy atom. The van der Waals surface area contributed by atoms with Gasteiger partial charge in [0, 0.05) is 17.3 Å². The smallest absolute Gasteiger partial charge is 0.242 e. The highest BCUT2D eigenvalue weighted by Crippen LogP contribution is 2.37. The normalized spacial score (nSPS) is 13.2. The van der Waals surface area contributed by atoms with Crippen LogP contribution in [-0.2, 0) is 10.0 Å². The molecule has 8 nitrogen and oxygen atoms in total. The maximum absolute atomic E-state index is 12.7. The van der Waals surface area contributed by atoms with Crippen LogP contribution in [0.1, 0.15) is 5.56 Å². The van der Waals surface area contributed by atoms with Gasteiger partial charge in [-0.2, -0.15) is 5.26 Å². The highest BCUT2D eigenvalue weighted by molar-refractivity contribution is 7.89. The van der Waals surface area contributed by atoms with Gasteiger partial charge in [0.25, 0.3) is 0 Å². The minimum absolute atomic E-state index is 0.253. The van der Waals surface area contributed by atoms with Gasteiger partial charge in [0.05, 0.1) is 36.3 Å². The fourth-order valence-electron chi connectivity index (χ4n) is 3.27. The topological polar surface area (TPSA) is 110 Å². The molecule has 3 aromatic rings. The predicted octanol–water partition coefficient (Wildman–Crippen LogP) is 2.98. The fraction of sp³-hybridized carbons (Fsp3) is 0.190. The van der Waals surface area contributed by atoms with Gasteiger partial charge < -0.3 is 4.74 Å². The number of pyridine rings is 2. The number of rotatable bonds is 8. The van der Waals surface area contributed by atoms with Gasteiger partial charge in [-0.1, -0.05) is 6.08 Å². The van der Waals surface area contributed by atoms with E-state index in [2.05, 4.69) is 16.0 Å². The van der Waals surface area contributed by atoms with Crippen molar-refractivity contribution in [2.45, 2.75) is 10.9 Å². The number of halogens is 2. The third-order valence-electron chi connectivity index (χ3n) is 4.91. The number of sulfonamides is 1. The van der Waals surface area contributed by atoms with Crippen molar-refractivity contribution in [1.82, 2.24) is 19.3 Å². The number of nitriles is 1. The van der Waals surface area contributed by atoms with Crippen LogP contribution < -0.4 is 9.46 Å². The standard InChI is InChI=1S/C21H17F2N5O3S/c1-31-15-7-17-18(10-24)20(28(14-3-2-4-14)21(17)26-11-15)19-6-5-16(12-25-19)32(29,30)27-13(8-22)9-23/h2-7,11-13,27H,8-9H2,1H3.